The van der Waals surface area contributed by atoms with Gasteiger partial charge in [0.05, 0.1) is 0 Å². The predicted molar refractivity (Wildman–Crippen MR) is 85.3 cm³/mol. The summed E-state index contributed by atoms with van der Waals surface area (Å²) in [7, 11) is 1.74. The molecular weight excluding hydrogens is 349 g/mol. The zero-order valence-corrected chi connectivity index (χ0v) is 12.8. The molecule has 0 saturated heterocycles. The van der Waals surface area contributed by atoms with Gasteiger partial charge in [-0.15, -0.1) is 30.6 Å². The molecule has 0 bridgehead atoms. The molecule has 0 aliphatic carbocycles. The van der Waals surface area contributed by atoms with Crippen molar-refractivity contribution in [3.05, 3.63) is 47.5 Å². The maximum absolute atomic E-state index is 5.80. The number of benzene rings is 1. The van der Waals surface area contributed by atoms with E-state index in [0.29, 0.717) is 13.1 Å². The molecule has 0 aliphatic rings. The molecule has 0 aromatic heterocycles. The number of aliphatic imine (C=N–C) groups is 1. The fourth-order valence-corrected chi connectivity index (χ4v) is 1.30. The third kappa shape index (κ3) is 6.53. The van der Waals surface area contributed by atoms with Crippen molar-refractivity contribution in [2.75, 3.05) is 13.6 Å². The van der Waals surface area contributed by atoms with Crippen LogP contribution >= 0.6 is 35.6 Å². The highest BCUT2D eigenvalue weighted by molar-refractivity contribution is 14.0. The van der Waals surface area contributed by atoms with Gasteiger partial charge in [-0.1, -0.05) is 29.8 Å². The third-order valence-electron chi connectivity index (χ3n) is 2.01. The number of nitrogens with one attached hydrogen (secondary N) is 2. The van der Waals surface area contributed by atoms with E-state index < -0.39 is 0 Å². The van der Waals surface area contributed by atoms with E-state index in [4.69, 9.17) is 11.6 Å². The fraction of sp³-hybridized carbons (Fsp3) is 0.250. The number of halogens is 2. The van der Waals surface area contributed by atoms with E-state index in [1.54, 1.807) is 13.1 Å². The second-order valence-corrected chi connectivity index (χ2v) is 3.66. The lowest BCUT2D eigenvalue weighted by Crippen LogP contribution is -2.36. The van der Waals surface area contributed by atoms with Crippen molar-refractivity contribution in [2.45, 2.75) is 6.54 Å². The quantitative estimate of drug-likeness (QED) is 0.373. The first kappa shape index (κ1) is 16.2. The van der Waals surface area contributed by atoms with Crippen LogP contribution in [0.1, 0.15) is 5.56 Å². The topological polar surface area (TPSA) is 36.4 Å². The van der Waals surface area contributed by atoms with Gasteiger partial charge in [0, 0.05) is 25.2 Å². The minimum atomic E-state index is 0. The summed E-state index contributed by atoms with van der Waals surface area (Å²) in [6.07, 6.45) is 1.79. The van der Waals surface area contributed by atoms with Crippen molar-refractivity contribution in [1.29, 1.82) is 0 Å². The van der Waals surface area contributed by atoms with Crippen molar-refractivity contribution < 1.29 is 0 Å². The van der Waals surface area contributed by atoms with E-state index in [-0.39, 0.29) is 24.0 Å². The summed E-state index contributed by atoms with van der Waals surface area (Å²) < 4.78 is 0. The number of rotatable bonds is 4. The lowest BCUT2D eigenvalue weighted by Gasteiger charge is -2.10. The maximum Gasteiger partial charge on any atom is 0.191 e. The average Bonchev–Trinajstić information content (AvgIpc) is 2.32. The summed E-state index contributed by atoms with van der Waals surface area (Å²) in [6.45, 7) is 5.05. The van der Waals surface area contributed by atoms with Crippen LogP contribution in [-0.2, 0) is 6.54 Å². The van der Waals surface area contributed by atoms with Crippen LogP contribution in [0.2, 0.25) is 5.02 Å². The summed E-state index contributed by atoms with van der Waals surface area (Å²) in [5.74, 6) is 0.759. The standard InChI is InChI=1S/C12H16ClN3.HI/c1-3-8-15-12(14-2)16-9-10-4-6-11(13)7-5-10;/h3-7H,1,8-9H2,2H3,(H2,14,15,16);1H. The molecule has 0 radical (unpaired) electrons. The largest absolute Gasteiger partial charge is 0.353 e. The first-order chi connectivity index (χ1) is 7.76. The number of hydrogen-bond acceptors (Lipinski definition) is 1. The summed E-state index contributed by atoms with van der Waals surface area (Å²) in [5, 5.41) is 7.03. The Hall–Kier alpha value is -0.750. The van der Waals surface area contributed by atoms with Gasteiger partial charge in [-0.2, -0.15) is 0 Å². The van der Waals surface area contributed by atoms with Gasteiger partial charge in [0.1, 0.15) is 0 Å². The molecule has 0 spiro atoms. The number of guanidine groups is 1. The van der Waals surface area contributed by atoms with Crippen molar-refractivity contribution in [3.63, 3.8) is 0 Å². The first-order valence-corrected chi connectivity index (χ1v) is 5.44. The summed E-state index contributed by atoms with van der Waals surface area (Å²) in [5.41, 5.74) is 1.16. The second-order valence-electron chi connectivity index (χ2n) is 3.22. The van der Waals surface area contributed by atoms with Gasteiger partial charge in [-0.05, 0) is 17.7 Å². The molecule has 5 heteroatoms. The van der Waals surface area contributed by atoms with Crippen LogP contribution in [0.15, 0.2) is 41.9 Å². The van der Waals surface area contributed by atoms with Crippen LogP contribution in [-0.4, -0.2) is 19.6 Å². The Morgan fingerprint density at radius 3 is 2.53 bits per heavy atom. The molecule has 2 N–H and O–H groups in total. The highest BCUT2D eigenvalue weighted by atomic mass is 127. The van der Waals surface area contributed by atoms with E-state index in [1.807, 2.05) is 24.3 Å². The Morgan fingerprint density at radius 1 is 1.35 bits per heavy atom. The van der Waals surface area contributed by atoms with E-state index in [9.17, 15) is 0 Å². The van der Waals surface area contributed by atoms with Gasteiger partial charge in [-0.25, -0.2) is 0 Å². The third-order valence-corrected chi connectivity index (χ3v) is 2.26. The summed E-state index contributed by atoms with van der Waals surface area (Å²) in [6, 6.07) is 7.71. The molecule has 17 heavy (non-hydrogen) atoms. The Labute approximate surface area is 124 Å². The molecule has 94 valence electrons. The lowest BCUT2D eigenvalue weighted by molar-refractivity contribution is 0.847. The van der Waals surface area contributed by atoms with Gasteiger partial charge in [0.2, 0.25) is 0 Å². The SMILES string of the molecule is C=CCNC(=NC)NCc1ccc(Cl)cc1.I. The average molecular weight is 366 g/mol. The molecule has 0 atom stereocenters. The Morgan fingerprint density at radius 2 is 2.00 bits per heavy atom. The molecule has 1 aromatic rings. The summed E-state index contributed by atoms with van der Waals surface area (Å²) >= 11 is 5.80. The van der Waals surface area contributed by atoms with Crippen LogP contribution in [0.3, 0.4) is 0 Å². The molecule has 1 rings (SSSR count). The van der Waals surface area contributed by atoms with Gasteiger partial charge >= 0.3 is 0 Å². The van der Waals surface area contributed by atoms with E-state index in [0.717, 1.165) is 16.5 Å². The first-order valence-electron chi connectivity index (χ1n) is 5.06. The van der Waals surface area contributed by atoms with Crippen LogP contribution in [0, 0.1) is 0 Å². The predicted octanol–water partition coefficient (Wildman–Crippen LogP) is 2.81. The monoisotopic (exact) mass is 365 g/mol. The minimum Gasteiger partial charge on any atom is -0.353 e. The summed E-state index contributed by atoms with van der Waals surface area (Å²) in [4.78, 5) is 4.08. The van der Waals surface area contributed by atoms with Crippen molar-refractivity contribution in [2.24, 2.45) is 4.99 Å². The molecule has 0 saturated carbocycles. The van der Waals surface area contributed by atoms with Gasteiger partial charge in [0.25, 0.3) is 0 Å². The molecule has 1 aromatic carbocycles. The number of nitrogens with zero attached hydrogens (tertiary/aromatic N) is 1. The van der Waals surface area contributed by atoms with Crippen LogP contribution < -0.4 is 10.6 Å². The van der Waals surface area contributed by atoms with Gasteiger partial charge in [-0.3, -0.25) is 4.99 Å². The molecule has 3 nitrogen and oxygen atoms in total. The van der Waals surface area contributed by atoms with E-state index in [2.05, 4.69) is 22.2 Å². The van der Waals surface area contributed by atoms with Crippen molar-refractivity contribution in [3.8, 4) is 0 Å². The highest BCUT2D eigenvalue weighted by Crippen LogP contribution is 2.08. The van der Waals surface area contributed by atoms with Crippen LogP contribution in [0.5, 0.6) is 0 Å². The molecule has 0 unspecified atom stereocenters. The Bertz CT molecular complexity index is 363. The minimum absolute atomic E-state index is 0. The number of hydrogen-bond donors (Lipinski definition) is 2. The highest BCUT2D eigenvalue weighted by Gasteiger charge is 1.96. The van der Waals surface area contributed by atoms with Crippen LogP contribution in [0.4, 0.5) is 0 Å². The van der Waals surface area contributed by atoms with Gasteiger partial charge in [0.15, 0.2) is 5.96 Å². The van der Waals surface area contributed by atoms with Crippen LogP contribution in [0.25, 0.3) is 0 Å². The Balaban J connectivity index is 0.00000256. The van der Waals surface area contributed by atoms with E-state index in [1.165, 1.54) is 0 Å². The Kier molecular flexibility index (Phi) is 8.89. The molecular formula is C12H17ClIN3. The second kappa shape index (κ2) is 9.30. The molecule has 0 aliphatic heterocycles. The van der Waals surface area contributed by atoms with Crippen molar-refractivity contribution >= 4 is 41.5 Å². The van der Waals surface area contributed by atoms with Gasteiger partial charge < -0.3 is 10.6 Å². The zero-order valence-electron chi connectivity index (χ0n) is 9.74. The molecule has 0 fully saturated rings. The molecule has 0 heterocycles. The smallest absolute Gasteiger partial charge is 0.191 e. The lowest BCUT2D eigenvalue weighted by atomic mass is 10.2. The van der Waals surface area contributed by atoms with E-state index >= 15 is 0 Å². The fourth-order valence-electron chi connectivity index (χ4n) is 1.18. The molecule has 0 amide bonds. The zero-order chi connectivity index (χ0) is 11.8. The maximum atomic E-state index is 5.80. The normalized spacial score (nSPS) is 10.4. The van der Waals surface area contributed by atoms with Crippen molar-refractivity contribution in [1.82, 2.24) is 10.6 Å².